The van der Waals surface area contributed by atoms with Gasteiger partial charge in [-0.1, -0.05) is 34.6 Å². The summed E-state index contributed by atoms with van der Waals surface area (Å²) in [5.41, 5.74) is 0.348. The van der Waals surface area contributed by atoms with Crippen LogP contribution in [0.25, 0.3) is 0 Å². The molecule has 1 heterocycles. The quantitative estimate of drug-likeness (QED) is 0.802. The van der Waals surface area contributed by atoms with Crippen LogP contribution in [0.4, 0.5) is 0 Å². The molecular formula is C13H25NO2. The summed E-state index contributed by atoms with van der Waals surface area (Å²) in [7, 11) is 0. The number of carboxylic acid groups (broad SMARTS) is 1. The van der Waals surface area contributed by atoms with E-state index in [4.69, 9.17) is 5.11 Å². The van der Waals surface area contributed by atoms with E-state index in [1.54, 1.807) is 0 Å². The van der Waals surface area contributed by atoms with Gasteiger partial charge in [-0.2, -0.15) is 0 Å². The van der Waals surface area contributed by atoms with E-state index in [0.29, 0.717) is 17.3 Å². The number of hydrogen-bond donors (Lipinski definition) is 1. The van der Waals surface area contributed by atoms with Crippen molar-refractivity contribution in [1.29, 1.82) is 0 Å². The lowest BCUT2D eigenvalue weighted by atomic mass is 9.74. The van der Waals surface area contributed by atoms with Crippen molar-refractivity contribution in [3.63, 3.8) is 0 Å². The Morgan fingerprint density at radius 1 is 1.38 bits per heavy atom. The van der Waals surface area contributed by atoms with Gasteiger partial charge in [0.05, 0.1) is 6.42 Å². The highest BCUT2D eigenvalue weighted by Crippen LogP contribution is 2.36. The normalized spacial score (nSPS) is 20.9. The molecule has 3 heteroatoms. The summed E-state index contributed by atoms with van der Waals surface area (Å²) in [6.07, 6.45) is 0.272. The molecule has 3 nitrogen and oxygen atoms in total. The first kappa shape index (κ1) is 13.5. The van der Waals surface area contributed by atoms with Gasteiger partial charge >= 0.3 is 5.97 Å². The molecule has 0 saturated carbocycles. The van der Waals surface area contributed by atoms with E-state index in [-0.39, 0.29) is 12.5 Å². The predicted octanol–water partition coefficient (Wildman–Crippen LogP) is 2.46. The highest BCUT2D eigenvalue weighted by atomic mass is 16.4. The molecule has 16 heavy (non-hydrogen) atoms. The van der Waals surface area contributed by atoms with Gasteiger partial charge in [-0.05, 0) is 17.3 Å². The number of carboxylic acids is 1. The Labute approximate surface area is 98.8 Å². The van der Waals surface area contributed by atoms with Crippen LogP contribution in [-0.4, -0.2) is 35.1 Å². The Morgan fingerprint density at radius 2 is 1.88 bits per heavy atom. The molecule has 1 N–H and O–H groups in total. The second-order valence-electron chi connectivity index (χ2n) is 6.43. The molecule has 1 atom stereocenters. The third kappa shape index (κ3) is 3.21. The highest BCUT2D eigenvalue weighted by Gasteiger charge is 2.40. The molecule has 1 unspecified atom stereocenters. The SMILES string of the molecule is CC(C)C(CC(=O)O)N1CC(C(C)(C)C)C1. The second kappa shape index (κ2) is 4.74. The number of carbonyl (C=O) groups is 1. The van der Waals surface area contributed by atoms with Gasteiger partial charge in [-0.15, -0.1) is 0 Å². The number of likely N-dealkylation sites (tertiary alicyclic amines) is 1. The van der Waals surface area contributed by atoms with E-state index in [0.717, 1.165) is 13.1 Å². The summed E-state index contributed by atoms with van der Waals surface area (Å²) in [4.78, 5) is 13.1. The summed E-state index contributed by atoms with van der Waals surface area (Å²) >= 11 is 0. The molecule has 0 aliphatic carbocycles. The number of rotatable bonds is 4. The molecule has 0 radical (unpaired) electrons. The minimum absolute atomic E-state index is 0.205. The van der Waals surface area contributed by atoms with Gasteiger partial charge in [0.15, 0.2) is 0 Å². The van der Waals surface area contributed by atoms with Crippen LogP contribution >= 0.6 is 0 Å². The van der Waals surface area contributed by atoms with Crippen LogP contribution in [-0.2, 0) is 4.79 Å². The zero-order chi connectivity index (χ0) is 12.5. The molecule has 94 valence electrons. The largest absolute Gasteiger partial charge is 0.481 e. The predicted molar refractivity (Wildman–Crippen MR) is 65.4 cm³/mol. The van der Waals surface area contributed by atoms with Crippen molar-refractivity contribution in [2.24, 2.45) is 17.3 Å². The lowest BCUT2D eigenvalue weighted by Crippen LogP contribution is -2.57. The number of aliphatic carboxylic acids is 1. The molecular weight excluding hydrogens is 202 g/mol. The van der Waals surface area contributed by atoms with Crippen LogP contribution < -0.4 is 0 Å². The van der Waals surface area contributed by atoms with Crippen LogP contribution in [0.15, 0.2) is 0 Å². The molecule has 1 saturated heterocycles. The monoisotopic (exact) mass is 227 g/mol. The Morgan fingerprint density at radius 3 is 2.19 bits per heavy atom. The number of hydrogen-bond acceptors (Lipinski definition) is 2. The maximum atomic E-state index is 10.8. The van der Waals surface area contributed by atoms with Crippen molar-refractivity contribution in [3.05, 3.63) is 0 Å². The molecule has 1 aliphatic rings. The van der Waals surface area contributed by atoms with Crippen molar-refractivity contribution in [2.75, 3.05) is 13.1 Å². The van der Waals surface area contributed by atoms with E-state index < -0.39 is 5.97 Å². The zero-order valence-electron chi connectivity index (χ0n) is 11.2. The topological polar surface area (TPSA) is 40.5 Å². The van der Waals surface area contributed by atoms with E-state index in [1.807, 2.05) is 0 Å². The zero-order valence-corrected chi connectivity index (χ0v) is 11.2. The summed E-state index contributed by atoms with van der Waals surface area (Å²) in [5.74, 6) is 0.442. The van der Waals surface area contributed by atoms with Crippen LogP contribution in [0.5, 0.6) is 0 Å². The fraction of sp³-hybridized carbons (Fsp3) is 0.923. The Hall–Kier alpha value is -0.570. The average molecular weight is 227 g/mol. The standard InChI is InChI=1S/C13H25NO2/c1-9(2)11(6-12(15)16)14-7-10(8-14)13(3,4)5/h9-11H,6-8H2,1-5H3,(H,15,16). The van der Waals surface area contributed by atoms with Gasteiger partial charge in [-0.3, -0.25) is 9.69 Å². The van der Waals surface area contributed by atoms with Gasteiger partial charge in [0, 0.05) is 19.1 Å². The average Bonchev–Trinajstić information content (AvgIpc) is 1.95. The molecule has 0 aromatic heterocycles. The molecule has 0 aromatic rings. The Kier molecular flexibility index (Phi) is 4.00. The molecule has 1 aliphatic heterocycles. The van der Waals surface area contributed by atoms with Gasteiger partial charge in [0.1, 0.15) is 0 Å². The van der Waals surface area contributed by atoms with E-state index in [2.05, 4.69) is 39.5 Å². The smallest absolute Gasteiger partial charge is 0.304 e. The van der Waals surface area contributed by atoms with Crippen molar-refractivity contribution < 1.29 is 9.90 Å². The minimum Gasteiger partial charge on any atom is -0.481 e. The third-order valence-electron chi connectivity index (χ3n) is 3.76. The first-order valence-electron chi connectivity index (χ1n) is 6.17. The van der Waals surface area contributed by atoms with E-state index >= 15 is 0 Å². The van der Waals surface area contributed by atoms with Crippen LogP contribution in [0.2, 0.25) is 0 Å². The first-order chi connectivity index (χ1) is 7.21. The van der Waals surface area contributed by atoms with Crippen LogP contribution in [0.1, 0.15) is 41.0 Å². The number of nitrogens with zero attached hydrogens (tertiary/aromatic N) is 1. The summed E-state index contributed by atoms with van der Waals surface area (Å²) in [6.45, 7) is 13.1. The molecule has 1 fully saturated rings. The maximum Gasteiger partial charge on any atom is 0.304 e. The van der Waals surface area contributed by atoms with Crippen LogP contribution in [0, 0.1) is 17.3 Å². The highest BCUT2D eigenvalue weighted by molar-refractivity contribution is 5.67. The fourth-order valence-electron chi connectivity index (χ4n) is 2.30. The van der Waals surface area contributed by atoms with Gasteiger partial charge in [0.25, 0.3) is 0 Å². The lowest BCUT2D eigenvalue weighted by molar-refractivity contribution is -0.140. The molecule has 0 amide bonds. The van der Waals surface area contributed by atoms with E-state index in [9.17, 15) is 4.79 Å². The molecule has 0 bridgehead atoms. The summed E-state index contributed by atoms with van der Waals surface area (Å²) in [6, 6.07) is 0.205. The summed E-state index contributed by atoms with van der Waals surface area (Å²) < 4.78 is 0. The van der Waals surface area contributed by atoms with Gasteiger partial charge in [0.2, 0.25) is 0 Å². The Balaban J connectivity index is 2.49. The van der Waals surface area contributed by atoms with Gasteiger partial charge < -0.3 is 5.11 Å². The molecule has 0 aromatic carbocycles. The maximum absolute atomic E-state index is 10.8. The summed E-state index contributed by atoms with van der Waals surface area (Å²) in [5, 5.41) is 8.90. The molecule has 1 rings (SSSR count). The third-order valence-corrected chi connectivity index (χ3v) is 3.76. The Bertz CT molecular complexity index is 249. The minimum atomic E-state index is -0.682. The van der Waals surface area contributed by atoms with Crippen molar-refractivity contribution in [2.45, 2.75) is 47.1 Å². The van der Waals surface area contributed by atoms with Crippen LogP contribution in [0.3, 0.4) is 0 Å². The van der Waals surface area contributed by atoms with E-state index in [1.165, 1.54) is 0 Å². The van der Waals surface area contributed by atoms with Crippen molar-refractivity contribution >= 4 is 5.97 Å². The second-order valence-corrected chi connectivity index (χ2v) is 6.43. The van der Waals surface area contributed by atoms with Crippen molar-refractivity contribution in [1.82, 2.24) is 4.90 Å². The first-order valence-corrected chi connectivity index (χ1v) is 6.17. The van der Waals surface area contributed by atoms with Gasteiger partial charge in [-0.25, -0.2) is 0 Å². The fourth-order valence-corrected chi connectivity index (χ4v) is 2.30. The molecule has 0 spiro atoms. The lowest BCUT2D eigenvalue weighted by Gasteiger charge is -2.50. The van der Waals surface area contributed by atoms with Crippen molar-refractivity contribution in [3.8, 4) is 0 Å².